The van der Waals surface area contributed by atoms with E-state index in [1.165, 1.54) is 7.11 Å². The standard InChI is InChI=1S/C8H13FO4/c1-3-13-8(11)7(9)4-6(5-10)12-2/h4,6,10H,3,5H2,1-2H3/b7-4-. The highest BCUT2D eigenvalue weighted by molar-refractivity contribution is 5.85. The number of ether oxygens (including phenoxy) is 2. The lowest BCUT2D eigenvalue weighted by molar-refractivity contribution is -0.140. The molecule has 0 aromatic heterocycles. The van der Waals surface area contributed by atoms with Gasteiger partial charge in [0, 0.05) is 7.11 Å². The lowest BCUT2D eigenvalue weighted by Gasteiger charge is -2.06. The van der Waals surface area contributed by atoms with E-state index >= 15 is 0 Å². The van der Waals surface area contributed by atoms with Crippen molar-refractivity contribution in [3.8, 4) is 0 Å². The van der Waals surface area contributed by atoms with Gasteiger partial charge in [-0.1, -0.05) is 0 Å². The summed E-state index contributed by atoms with van der Waals surface area (Å²) in [7, 11) is 1.30. The molecule has 0 spiro atoms. The second kappa shape index (κ2) is 6.56. The van der Waals surface area contributed by atoms with Gasteiger partial charge >= 0.3 is 5.97 Å². The lowest BCUT2D eigenvalue weighted by Crippen LogP contribution is -2.15. The Morgan fingerprint density at radius 1 is 1.69 bits per heavy atom. The van der Waals surface area contributed by atoms with Gasteiger partial charge in [0.05, 0.1) is 13.2 Å². The summed E-state index contributed by atoms with van der Waals surface area (Å²) in [4.78, 5) is 10.7. The van der Waals surface area contributed by atoms with Crippen molar-refractivity contribution in [1.82, 2.24) is 0 Å². The Labute approximate surface area is 76.0 Å². The van der Waals surface area contributed by atoms with Crippen molar-refractivity contribution in [1.29, 1.82) is 0 Å². The minimum Gasteiger partial charge on any atom is -0.461 e. The van der Waals surface area contributed by atoms with E-state index in [1.807, 2.05) is 0 Å². The van der Waals surface area contributed by atoms with Crippen LogP contribution in [-0.4, -0.2) is 37.5 Å². The Morgan fingerprint density at radius 3 is 2.69 bits per heavy atom. The molecule has 0 aliphatic heterocycles. The first kappa shape index (κ1) is 12.1. The van der Waals surface area contributed by atoms with Crippen molar-refractivity contribution in [2.75, 3.05) is 20.3 Å². The molecule has 0 bridgehead atoms. The maximum atomic E-state index is 12.8. The van der Waals surface area contributed by atoms with Crippen LogP contribution in [0.25, 0.3) is 0 Å². The number of methoxy groups -OCH3 is 1. The Hall–Kier alpha value is -0.940. The number of aliphatic hydroxyl groups excluding tert-OH is 1. The van der Waals surface area contributed by atoms with Crippen LogP contribution in [-0.2, 0) is 14.3 Å². The third-order valence-electron chi connectivity index (χ3n) is 1.29. The molecule has 0 aliphatic rings. The molecule has 1 unspecified atom stereocenters. The molecular formula is C8H13FO4. The molecule has 1 atom stereocenters. The number of carbonyl (C=O) groups excluding carboxylic acids is 1. The second-order valence-electron chi connectivity index (χ2n) is 2.19. The summed E-state index contributed by atoms with van der Waals surface area (Å²) >= 11 is 0. The zero-order valence-electron chi connectivity index (χ0n) is 7.62. The summed E-state index contributed by atoms with van der Waals surface area (Å²) in [6.45, 7) is 1.30. The van der Waals surface area contributed by atoms with Crippen molar-refractivity contribution in [2.24, 2.45) is 0 Å². The lowest BCUT2D eigenvalue weighted by atomic mass is 10.3. The molecule has 0 rings (SSSR count). The Bertz CT molecular complexity index is 187. The highest BCUT2D eigenvalue weighted by Gasteiger charge is 2.12. The zero-order valence-corrected chi connectivity index (χ0v) is 7.62. The van der Waals surface area contributed by atoms with Gasteiger partial charge in [-0.3, -0.25) is 0 Å². The monoisotopic (exact) mass is 192 g/mol. The van der Waals surface area contributed by atoms with Crippen LogP contribution < -0.4 is 0 Å². The highest BCUT2D eigenvalue weighted by Crippen LogP contribution is 2.03. The number of hydrogen-bond donors (Lipinski definition) is 1. The van der Waals surface area contributed by atoms with E-state index in [-0.39, 0.29) is 13.2 Å². The number of hydrogen-bond acceptors (Lipinski definition) is 4. The summed E-state index contributed by atoms with van der Waals surface area (Å²) in [6, 6.07) is 0. The van der Waals surface area contributed by atoms with E-state index in [0.717, 1.165) is 6.08 Å². The minimum absolute atomic E-state index is 0.108. The van der Waals surface area contributed by atoms with Gasteiger partial charge in [0.25, 0.3) is 0 Å². The van der Waals surface area contributed by atoms with Crippen LogP contribution in [0.3, 0.4) is 0 Å². The van der Waals surface area contributed by atoms with Crippen LogP contribution in [0, 0.1) is 0 Å². The van der Waals surface area contributed by atoms with Gasteiger partial charge in [0.15, 0.2) is 0 Å². The normalized spacial score (nSPS) is 14.0. The number of halogens is 1. The van der Waals surface area contributed by atoms with E-state index in [1.54, 1.807) is 6.92 Å². The minimum atomic E-state index is -1.05. The molecule has 5 heteroatoms. The fraction of sp³-hybridized carbons (Fsp3) is 0.625. The molecule has 76 valence electrons. The van der Waals surface area contributed by atoms with Gasteiger partial charge in [-0.05, 0) is 13.0 Å². The van der Waals surface area contributed by atoms with Crippen molar-refractivity contribution in [3.63, 3.8) is 0 Å². The molecule has 0 aromatic carbocycles. The third kappa shape index (κ3) is 4.59. The van der Waals surface area contributed by atoms with Crippen LogP contribution in [0.2, 0.25) is 0 Å². The molecule has 0 aromatic rings. The Kier molecular flexibility index (Phi) is 6.09. The number of rotatable bonds is 5. The van der Waals surface area contributed by atoms with E-state index < -0.39 is 17.9 Å². The van der Waals surface area contributed by atoms with Crippen LogP contribution in [0.15, 0.2) is 11.9 Å². The summed E-state index contributed by atoms with van der Waals surface area (Å²) in [5, 5.41) is 8.60. The maximum absolute atomic E-state index is 12.8. The zero-order chi connectivity index (χ0) is 10.3. The first-order valence-corrected chi connectivity index (χ1v) is 3.83. The van der Waals surface area contributed by atoms with Crippen molar-refractivity contribution in [3.05, 3.63) is 11.9 Å². The van der Waals surface area contributed by atoms with Crippen LogP contribution in [0.4, 0.5) is 4.39 Å². The molecule has 0 amide bonds. The fourth-order valence-electron chi connectivity index (χ4n) is 0.627. The van der Waals surface area contributed by atoms with Crippen molar-refractivity contribution >= 4 is 5.97 Å². The SMILES string of the molecule is CCOC(=O)/C(F)=C/C(CO)OC. The molecule has 4 nitrogen and oxygen atoms in total. The quantitative estimate of drug-likeness (QED) is 0.506. The summed E-state index contributed by atoms with van der Waals surface area (Å²) < 4.78 is 21.8. The largest absolute Gasteiger partial charge is 0.461 e. The number of carbonyl (C=O) groups is 1. The summed E-state index contributed by atoms with van der Waals surface area (Å²) in [5.74, 6) is -2.10. The van der Waals surface area contributed by atoms with E-state index in [2.05, 4.69) is 9.47 Å². The molecule has 1 N–H and O–H groups in total. The fourth-order valence-corrected chi connectivity index (χ4v) is 0.627. The smallest absolute Gasteiger partial charge is 0.366 e. The number of aliphatic hydroxyl groups is 1. The second-order valence-corrected chi connectivity index (χ2v) is 2.19. The van der Waals surface area contributed by atoms with E-state index in [9.17, 15) is 9.18 Å². The van der Waals surface area contributed by atoms with Gasteiger partial charge < -0.3 is 14.6 Å². The predicted molar refractivity (Wildman–Crippen MR) is 43.7 cm³/mol. The molecular weight excluding hydrogens is 179 g/mol. The first-order valence-electron chi connectivity index (χ1n) is 3.83. The van der Waals surface area contributed by atoms with Crippen molar-refractivity contribution < 1.29 is 23.8 Å². The van der Waals surface area contributed by atoms with Crippen LogP contribution >= 0.6 is 0 Å². The number of esters is 1. The molecule has 0 heterocycles. The maximum Gasteiger partial charge on any atom is 0.366 e. The van der Waals surface area contributed by atoms with E-state index in [4.69, 9.17) is 5.11 Å². The van der Waals surface area contributed by atoms with Gasteiger partial charge in [0.1, 0.15) is 6.10 Å². The third-order valence-corrected chi connectivity index (χ3v) is 1.29. The van der Waals surface area contributed by atoms with E-state index in [0.29, 0.717) is 0 Å². The molecule has 0 saturated heterocycles. The van der Waals surface area contributed by atoms with Crippen LogP contribution in [0.1, 0.15) is 6.92 Å². The molecule has 13 heavy (non-hydrogen) atoms. The average Bonchev–Trinajstić information content (AvgIpc) is 2.14. The summed E-state index contributed by atoms with van der Waals surface area (Å²) in [5.41, 5.74) is 0. The molecule has 0 aliphatic carbocycles. The topological polar surface area (TPSA) is 55.8 Å². The van der Waals surface area contributed by atoms with Gasteiger partial charge in [0.2, 0.25) is 5.83 Å². The van der Waals surface area contributed by atoms with Crippen LogP contribution in [0.5, 0.6) is 0 Å². The molecule has 0 saturated carbocycles. The Balaban J connectivity index is 4.20. The summed E-state index contributed by atoms with van der Waals surface area (Å²) in [6.07, 6.45) is 0.0576. The highest BCUT2D eigenvalue weighted by atomic mass is 19.1. The Morgan fingerprint density at radius 2 is 2.31 bits per heavy atom. The predicted octanol–water partition coefficient (Wildman–Crippen LogP) is 0.410. The molecule has 0 fully saturated rings. The van der Waals surface area contributed by atoms with Gasteiger partial charge in [-0.25, -0.2) is 4.79 Å². The van der Waals surface area contributed by atoms with Gasteiger partial charge in [-0.15, -0.1) is 0 Å². The first-order chi connectivity index (χ1) is 6.15. The average molecular weight is 192 g/mol. The molecule has 0 radical (unpaired) electrons. The van der Waals surface area contributed by atoms with Crippen molar-refractivity contribution in [2.45, 2.75) is 13.0 Å². The van der Waals surface area contributed by atoms with Gasteiger partial charge in [-0.2, -0.15) is 4.39 Å².